The Morgan fingerprint density at radius 3 is 1.34 bits per heavy atom. The molecule has 1 fully saturated rings. The fourth-order valence-corrected chi connectivity index (χ4v) is 3.76. The zero-order chi connectivity index (χ0) is 27.7. The molecule has 38 heavy (non-hydrogen) atoms. The van der Waals surface area contributed by atoms with Crippen LogP contribution in [0.2, 0.25) is 0 Å². The van der Waals surface area contributed by atoms with Gasteiger partial charge in [0, 0.05) is 0 Å². The van der Waals surface area contributed by atoms with Gasteiger partial charge in [0.15, 0.2) is 23.0 Å². The van der Waals surface area contributed by atoms with Crippen LogP contribution < -0.4 is 18.9 Å². The molecule has 0 heterocycles. The molecule has 0 saturated heterocycles. The van der Waals surface area contributed by atoms with Crippen molar-refractivity contribution in [1.29, 1.82) is 0 Å². The highest BCUT2D eigenvalue weighted by atomic mass is 16.7. The van der Waals surface area contributed by atoms with Crippen molar-refractivity contribution in [2.45, 2.75) is 37.9 Å². The summed E-state index contributed by atoms with van der Waals surface area (Å²) in [6.45, 7) is 0. The van der Waals surface area contributed by atoms with E-state index in [-0.39, 0.29) is 34.1 Å². The summed E-state index contributed by atoms with van der Waals surface area (Å²) in [5.74, 6) is -0.925. The summed E-state index contributed by atoms with van der Waals surface area (Å²) < 4.78 is 40.7. The molecule has 0 aromatic heterocycles. The van der Waals surface area contributed by atoms with Gasteiger partial charge in [-0.2, -0.15) is 0 Å². The van der Waals surface area contributed by atoms with E-state index in [0.29, 0.717) is 12.8 Å². The lowest BCUT2D eigenvalue weighted by Gasteiger charge is -2.30. The SMILES string of the molecule is COC(=O)Oc1ccc(C(=O)OC2CCCC[C@@H]2OC(=O)c2ccc(OC(=O)OC)c(OC)c2)cc1OC. The van der Waals surface area contributed by atoms with Crippen LogP contribution in [0.3, 0.4) is 0 Å². The summed E-state index contributed by atoms with van der Waals surface area (Å²) in [5.41, 5.74) is 0.307. The second-order valence-electron chi connectivity index (χ2n) is 8.02. The van der Waals surface area contributed by atoms with Gasteiger partial charge in [0.2, 0.25) is 0 Å². The molecule has 1 aliphatic carbocycles. The fraction of sp³-hybridized carbons (Fsp3) is 0.385. The molecule has 0 bridgehead atoms. The van der Waals surface area contributed by atoms with Crippen molar-refractivity contribution >= 4 is 24.2 Å². The van der Waals surface area contributed by atoms with Gasteiger partial charge in [-0.25, -0.2) is 19.2 Å². The second-order valence-corrected chi connectivity index (χ2v) is 8.02. The van der Waals surface area contributed by atoms with Crippen LogP contribution in [-0.2, 0) is 18.9 Å². The Morgan fingerprint density at radius 1 is 0.605 bits per heavy atom. The zero-order valence-electron chi connectivity index (χ0n) is 21.3. The number of benzene rings is 2. The van der Waals surface area contributed by atoms with Crippen LogP contribution in [0, 0.1) is 0 Å². The van der Waals surface area contributed by atoms with Crippen molar-refractivity contribution in [2.75, 3.05) is 28.4 Å². The zero-order valence-corrected chi connectivity index (χ0v) is 21.3. The average Bonchev–Trinajstić information content (AvgIpc) is 2.94. The standard InChI is InChI=1S/C26H28O12/c1-31-21-13-15(9-11-19(21)37-25(29)33-3)23(27)35-17-7-5-6-8-18(17)36-24(28)16-10-12-20(22(14-16)32-2)38-26(30)34-4/h9-14,17-18H,5-8H2,1-4H3/t17-,18?/m0/s1. The summed E-state index contributed by atoms with van der Waals surface area (Å²) in [7, 11) is 5.04. The van der Waals surface area contributed by atoms with Crippen LogP contribution in [0.1, 0.15) is 46.4 Å². The van der Waals surface area contributed by atoms with Crippen molar-refractivity contribution < 1.29 is 57.1 Å². The predicted molar refractivity (Wildman–Crippen MR) is 129 cm³/mol. The number of carbonyl (C=O) groups is 4. The quantitative estimate of drug-likeness (QED) is 0.271. The molecule has 12 nitrogen and oxygen atoms in total. The van der Waals surface area contributed by atoms with E-state index in [1.807, 2.05) is 0 Å². The minimum Gasteiger partial charge on any atom is -0.493 e. The van der Waals surface area contributed by atoms with Crippen LogP contribution >= 0.6 is 0 Å². The Kier molecular flexibility index (Phi) is 9.74. The molecule has 2 atom stereocenters. The average molecular weight is 532 g/mol. The van der Waals surface area contributed by atoms with E-state index in [4.69, 9.17) is 28.4 Å². The Morgan fingerprint density at radius 2 is 1.00 bits per heavy atom. The maximum atomic E-state index is 12.9. The van der Waals surface area contributed by atoms with E-state index >= 15 is 0 Å². The molecule has 1 saturated carbocycles. The van der Waals surface area contributed by atoms with E-state index in [1.165, 1.54) is 64.8 Å². The van der Waals surface area contributed by atoms with Crippen LogP contribution in [0.25, 0.3) is 0 Å². The Hall–Kier alpha value is -4.48. The summed E-state index contributed by atoms with van der Waals surface area (Å²) >= 11 is 0. The first kappa shape index (κ1) is 28.1. The highest BCUT2D eigenvalue weighted by molar-refractivity contribution is 5.91. The van der Waals surface area contributed by atoms with E-state index in [2.05, 4.69) is 9.47 Å². The fourth-order valence-electron chi connectivity index (χ4n) is 3.76. The van der Waals surface area contributed by atoms with Gasteiger partial charge >= 0.3 is 24.2 Å². The van der Waals surface area contributed by atoms with E-state index in [9.17, 15) is 19.2 Å². The Bertz CT molecular complexity index is 1080. The molecule has 0 aliphatic heterocycles. The van der Waals surface area contributed by atoms with Gasteiger partial charge in [-0.05, 0) is 62.1 Å². The number of rotatable bonds is 8. The topological polar surface area (TPSA) is 142 Å². The number of hydrogen-bond donors (Lipinski definition) is 0. The lowest BCUT2D eigenvalue weighted by Crippen LogP contribution is -2.37. The van der Waals surface area contributed by atoms with Crippen LogP contribution in [-0.4, -0.2) is 64.9 Å². The number of ether oxygens (including phenoxy) is 8. The lowest BCUT2D eigenvalue weighted by molar-refractivity contribution is -0.0514. The molecule has 2 aromatic carbocycles. The molecular formula is C26H28O12. The van der Waals surface area contributed by atoms with E-state index < -0.39 is 36.5 Å². The van der Waals surface area contributed by atoms with Gasteiger partial charge < -0.3 is 37.9 Å². The number of carbonyl (C=O) groups excluding carboxylic acids is 4. The molecule has 0 spiro atoms. The van der Waals surface area contributed by atoms with Crippen molar-refractivity contribution in [3.05, 3.63) is 47.5 Å². The highest BCUT2D eigenvalue weighted by Gasteiger charge is 2.32. The van der Waals surface area contributed by atoms with Gasteiger partial charge in [0.1, 0.15) is 12.2 Å². The monoisotopic (exact) mass is 532 g/mol. The van der Waals surface area contributed by atoms with Gasteiger partial charge in [-0.3, -0.25) is 0 Å². The minimum absolute atomic E-state index is 0.0683. The molecule has 2 aromatic rings. The molecule has 0 N–H and O–H groups in total. The highest BCUT2D eigenvalue weighted by Crippen LogP contribution is 2.32. The van der Waals surface area contributed by atoms with Crippen molar-refractivity contribution in [1.82, 2.24) is 0 Å². The maximum Gasteiger partial charge on any atom is 0.513 e. The third-order valence-electron chi connectivity index (χ3n) is 5.68. The number of methoxy groups -OCH3 is 4. The van der Waals surface area contributed by atoms with Crippen molar-refractivity contribution in [3.63, 3.8) is 0 Å². The van der Waals surface area contributed by atoms with Gasteiger partial charge in [0.05, 0.1) is 39.6 Å². The maximum absolute atomic E-state index is 12.9. The summed E-state index contributed by atoms with van der Waals surface area (Å²) in [4.78, 5) is 48.6. The number of esters is 2. The summed E-state index contributed by atoms with van der Waals surface area (Å²) in [5, 5.41) is 0. The molecule has 12 heteroatoms. The minimum atomic E-state index is -0.936. The molecular weight excluding hydrogens is 504 g/mol. The van der Waals surface area contributed by atoms with Crippen molar-refractivity contribution in [3.8, 4) is 23.0 Å². The molecule has 0 amide bonds. The van der Waals surface area contributed by atoms with E-state index in [1.54, 1.807) is 0 Å². The van der Waals surface area contributed by atoms with Crippen molar-refractivity contribution in [2.24, 2.45) is 0 Å². The Labute approximate surface area is 218 Å². The van der Waals surface area contributed by atoms with Crippen LogP contribution in [0.4, 0.5) is 9.59 Å². The molecule has 1 unspecified atom stereocenters. The van der Waals surface area contributed by atoms with Gasteiger partial charge in [-0.1, -0.05) is 0 Å². The van der Waals surface area contributed by atoms with Gasteiger partial charge in [-0.15, -0.1) is 0 Å². The molecule has 3 rings (SSSR count). The summed E-state index contributed by atoms with van der Waals surface area (Å²) in [6, 6.07) is 8.33. The number of hydrogen-bond acceptors (Lipinski definition) is 12. The molecule has 0 radical (unpaired) electrons. The first-order chi connectivity index (χ1) is 18.3. The smallest absolute Gasteiger partial charge is 0.493 e. The third kappa shape index (κ3) is 7.05. The lowest BCUT2D eigenvalue weighted by atomic mass is 9.94. The van der Waals surface area contributed by atoms with Gasteiger partial charge in [0.25, 0.3) is 0 Å². The van der Waals surface area contributed by atoms with E-state index in [0.717, 1.165) is 12.8 Å². The van der Waals surface area contributed by atoms with Crippen LogP contribution in [0.15, 0.2) is 36.4 Å². The van der Waals surface area contributed by atoms with Crippen LogP contribution in [0.5, 0.6) is 23.0 Å². The first-order valence-corrected chi connectivity index (χ1v) is 11.6. The largest absolute Gasteiger partial charge is 0.513 e. The first-order valence-electron chi connectivity index (χ1n) is 11.6. The normalized spacial score (nSPS) is 16.4. The molecule has 204 valence electrons. The Balaban J connectivity index is 1.70. The molecule has 1 aliphatic rings. The predicted octanol–water partition coefficient (Wildman–Crippen LogP) is 4.32. The summed E-state index contributed by atoms with van der Waals surface area (Å²) in [6.07, 6.45) is -0.660. The third-order valence-corrected chi connectivity index (χ3v) is 5.68. The second kappa shape index (κ2) is 13.2.